The minimum atomic E-state index is -0.348. The zero-order valence-electron chi connectivity index (χ0n) is 9.45. The molecule has 0 aromatic heterocycles. The van der Waals surface area contributed by atoms with Crippen molar-refractivity contribution in [2.75, 3.05) is 5.32 Å². The average molecular weight is 361 g/mol. The fourth-order valence-electron chi connectivity index (χ4n) is 1.46. The third kappa shape index (κ3) is 3.41. The first-order valence-corrected chi connectivity index (χ1v) is 6.77. The van der Waals surface area contributed by atoms with Gasteiger partial charge in [-0.25, -0.2) is 0 Å². The molecule has 2 N–H and O–H groups in total. The fourth-order valence-corrected chi connectivity index (χ4v) is 2.40. The van der Waals surface area contributed by atoms with Crippen LogP contribution in [0, 0.1) is 0 Å². The Morgan fingerprint density at radius 1 is 1.11 bits per heavy atom. The van der Waals surface area contributed by atoms with E-state index in [1.165, 1.54) is 12.1 Å². The predicted molar refractivity (Wildman–Crippen MR) is 80.2 cm³/mol. The topological polar surface area (TPSA) is 49.3 Å². The first kappa shape index (κ1) is 14.2. The highest BCUT2D eigenvalue weighted by Gasteiger charge is 2.11. The molecule has 1 amide bonds. The number of carbonyl (C=O) groups excluding carboxylic acids is 1. The third-order valence-electron chi connectivity index (χ3n) is 2.38. The van der Waals surface area contributed by atoms with Crippen molar-refractivity contribution < 1.29 is 9.90 Å². The van der Waals surface area contributed by atoms with Crippen molar-refractivity contribution in [3.8, 4) is 5.75 Å². The monoisotopic (exact) mass is 359 g/mol. The number of hydrogen-bond acceptors (Lipinski definition) is 2. The van der Waals surface area contributed by atoms with Gasteiger partial charge < -0.3 is 10.4 Å². The molecule has 0 aliphatic heterocycles. The van der Waals surface area contributed by atoms with Gasteiger partial charge in [-0.2, -0.15) is 0 Å². The molecule has 0 bridgehead atoms. The Bertz CT molecular complexity index is 647. The first-order chi connectivity index (χ1) is 8.97. The lowest BCUT2D eigenvalue weighted by Gasteiger charge is -2.08. The second-order valence-corrected chi connectivity index (χ2v) is 5.47. The zero-order valence-corrected chi connectivity index (χ0v) is 12.6. The van der Waals surface area contributed by atoms with Crippen LogP contribution in [0.2, 0.25) is 10.0 Å². The molecule has 3 nitrogen and oxygen atoms in total. The molecule has 98 valence electrons. The molecule has 0 aliphatic rings. The quantitative estimate of drug-likeness (QED) is 0.761. The molecule has 2 aromatic rings. The van der Waals surface area contributed by atoms with Crippen molar-refractivity contribution in [3.05, 3.63) is 56.5 Å². The van der Waals surface area contributed by atoms with E-state index in [1.807, 2.05) is 0 Å². The molecular formula is C13H8BrCl2NO2. The normalized spacial score (nSPS) is 10.3. The molecule has 6 heteroatoms. The van der Waals surface area contributed by atoms with Gasteiger partial charge in [-0.3, -0.25) is 4.79 Å². The highest BCUT2D eigenvalue weighted by Crippen LogP contribution is 2.27. The minimum absolute atomic E-state index is 0.0404. The van der Waals surface area contributed by atoms with Gasteiger partial charge in [0.25, 0.3) is 5.91 Å². The maximum absolute atomic E-state index is 12.0. The van der Waals surface area contributed by atoms with Crippen molar-refractivity contribution in [1.82, 2.24) is 0 Å². The number of aromatic hydroxyl groups is 1. The molecule has 0 atom stereocenters. The number of phenols is 1. The maximum Gasteiger partial charge on any atom is 0.257 e. The van der Waals surface area contributed by atoms with Crippen molar-refractivity contribution in [2.24, 2.45) is 0 Å². The summed E-state index contributed by atoms with van der Waals surface area (Å²) in [6.45, 7) is 0. The van der Waals surface area contributed by atoms with E-state index in [-0.39, 0.29) is 16.7 Å². The van der Waals surface area contributed by atoms with Gasteiger partial charge >= 0.3 is 0 Å². The number of amides is 1. The number of hydrogen-bond donors (Lipinski definition) is 2. The van der Waals surface area contributed by atoms with Gasteiger partial charge in [-0.05, 0) is 36.4 Å². The van der Waals surface area contributed by atoms with Crippen LogP contribution in [0.25, 0.3) is 0 Å². The van der Waals surface area contributed by atoms with Gasteiger partial charge in [0.05, 0.1) is 15.6 Å². The summed E-state index contributed by atoms with van der Waals surface area (Å²) in [4.78, 5) is 12.0. The smallest absolute Gasteiger partial charge is 0.257 e. The Labute approximate surface area is 128 Å². The Kier molecular flexibility index (Phi) is 4.34. The van der Waals surface area contributed by atoms with Crippen LogP contribution < -0.4 is 5.32 Å². The molecule has 2 rings (SSSR count). The fraction of sp³-hybridized carbons (Fsp3) is 0. The Balaban J connectivity index is 2.23. The van der Waals surface area contributed by atoms with Crippen molar-refractivity contribution in [1.29, 1.82) is 0 Å². The summed E-state index contributed by atoms with van der Waals surface area (Å²) in [5.74, 6) is -0.388. The van der Waals surface area contributed by atoms with Gasteiger partial charge in [0, 0.05) is 10.2 Å². The number of anilines is 1. The van der Waals surface area contributed by atoms with Gasteiger partial charge in [0.15, 0.2) is 0 Å². The number of halogens is 3. The molecule has 19 heavy (non-hydrogen) atoms. The number of benzene rings is 2. The third-order valence-corrected chi connectivity index (χ3v) is 3.49. The molecule has 0 spiro atoms. The van der Waals surface area contributed by atoms with E-state index < -0.39 is 0 Å². The highest BCUT2D eigenvalue weighted by atomic mass is 79.9. The van der Waals surface area contributed by atoms with Crippen molar-refractivity contribution >= 4 is 50.7 Å². The molecule has 0 radical (unpaired) electrons. The van der Waals surface area contributed by atoms with Crippen LogP contribution in [-0.4, -0.2) is 11.0 Å². The second kappa shape index (κ2) is 5.82. The maximum atomic E-state index is 12.0. The summed E-state index contributed by atoms with van der Waals surface area (Å²) in [7, 11) is 0. The lowest BCUT2D eigenvalue weighted by Crippen LogP contribution is -2.12. The summed E-state index contributed by atoms with van der Waals surface area (Å²) in [6.07, 6.45) is 0. The van der Waals surface area contributed by atoms with Crippen LogP contribution in [0.3, 0.4) is 0 Å². The van der Waals surface area contributed by atoms with E-state index >= 15 is 0 Å². The van der Waals surface area contributed by atoms with Gasteiger partial charge in [-0.15, -0.1) is 0 Å². The van der Waals surface area contributed by atoms with E-state index in [9.17, 15) is 9.90 Å². The summed E-state index contributed by atoms with van der Waals surface area (Å²) in [6, 6.07) is 9.39. The highest BCUT2D eigenvalue weighted by molar-refractivity contribution is 9.10. The molecule has 0 saturated carbocycles. The van der Waals surface area contributed by atoms with Crippen LogP contribution in [0.15, 0.2) is 40.9 Å². The van der Waals surface area contributed by atoms with E-state index in [4.69, 9.17) is 23.2 Å². The van der Waals surface area contributed by atoms with Crippen molar-refractivity contribution in [3.63, 3.8) is 0 Å². The second-order valence-electron chi connectivity index (χ2n) is 3.74. The number of carbonyl (C=O) groups is 1. The van der Waals surface area contributed by atoms with Crippen LogP contribution in [0.1, 0.15) is 10.4 Å². The first-order valence-electron chi connectivity index (χ1n) is 5.22. The number of rotatable bonds is 2. The Hall–Kier alpha value is -1.23. The molecule has 2 aromatic carbocycles. The van der Waals surface area contributed by atoms with E-state index in [2.05, 4.69) is 21.2 Å². The van der Waals surface area contributed by atoms with Crippen LogP contribution in [-0.2, 0) is 0 Å². The zero-order chi connectivity index (χ0) is 14.0. The molecule has 0 fully saturated rings. The Morgan fingerprint density at radius 2 is 1.84 bits per heavy atom. The van der Waals surface area contributed by atoms with E-state index in [0.717, 1.165) is 4.47 Å². The number of nitrogens with one attached hydrogen (secondary N) is 1. The van der Waals surface area contributed by atoms with Crippen LogP contribution in [0.5, 0.6) is 5.75 Å². The van der Waals surface area contributed by atoms with Gasteiger partial charge in [-0.1, -0.05) is 39.1 Å². The molecule has 0 saturated heterocycles. The standard InChI is InChI=1S/C13H8BrCl2NO2/c14-7-1-3-9(10(15)5-7)13(19)17-8-2-4-12(18)11(16)6-8/h1-6,18H,(H,17,19). The van der Waals surface area contributed by atoms with Gasteiger partial charge in [0.2, 0.25) is 0 Å². The van der Waals surface area contributed by atoms with E-state index in [1.54, 1.807) is 24.3 Å². The molecule has 0 aliphatic carbocycles. The van der Waals surface area contributed by atoms with Gasteiger partial charge in [0.1, 0.15) is 5.75 Å². The molecular weight excluding hydrogens is 353 g/mol. The SMILES string of the molecule is O=C(Nc1ccc(O)c(Cl)c1)c1ccc(Br)cc1Cl. The predicted octanol–water partition coefficient (Wildman–Crippen LogP) is 4.71. The Morgan fingerprint density at radius 3 is 2.47 bits per heavy atom. The van der Waals surface area contributed by atoms with Crippen LogP contribution in [0.4, 0.5) is 5.69 Å². The molecule has 0 heterocycles. The summed E-state index contributed by atoms with van der Waals surface area (Å²) < 4.78 is 0.793. The average Bonchev–Trinajstić information content (AvgIpc) is 2.33. The summed E-state index contributed by atoms with van der Waals surface area (Å²) in [5, 5.41) is 12.5. The lowest BCUT2D eigenvalue weighted by atomic mass is 10.2. The van der Waals surface area contributed by atoms with Crippen molar-refractivity contribution in [2.45, 2.75) is 0 Å². The van der Waals surface area contributed by atoms with Crippen LogP contribution >= 0.6 is 39.1 Å². The largest absolute Gasteiger partial charge is 0.506 e. The minimum Gasteiger partial charge on any atom is -0.506 e. The number of phenolic OH excluding ortho intramolecular Hbond substituents is 1. The lowest BCUT2D eigenvalue weighted by molar-refractivity contribution is 0.102. The van der Waals surface area contributed by atoms with E-state index in [0.29, 0.717) is 16.3 Å². The summed E-state index contributed by atoms with van der Waals surface area (Å²) in [5.41, 5.74) is 0.834. The molecule has 0 unspecified atom stereocenters. The summed E-state index contributed by atoms with van der Waals surface area (Å²) >= 11 is 15.0.